The van der Waals surface area contributed by atoms with Crippen LogP contribution in [0.15, 0.2) is 24.3 Å². The fourth-order valence-electron chi connectivity index (χ4n) is 2.89. The number of hydrogen-bond donors (Lipinski definition) is 1. The third-order valence-electron chi connectivity index (χ3n) is 4.44. The van der Waals surface area contributed by atoms with Gasteiger partial charge in [-0.1, -0.05) is 0 Å². The van der Waals surface area contributed by atoms with E-state index in [1.54, 1.807) is 29.2 Å². The van der Waals surface area contributed by atoms with Crippen LogP contribution in [-0.4, -0.2) is 62.8 Å². The van der Waals surface area contributed by atoms with Gasteiger partial charge in [0.1, 0.15) is 5.75 Å². The molecule has 2 fully saturated rings. The molecule has 2 heterocycles. The Morgan fingerprint density at radius 1 is 1.04 bits per heavy atom. The molecule has 0 unspecified atom stereocenters. The molecule has 136 valence electrons. The highest BCUT2D eigenvalue weighted by Gasteiger charge is 2.21. The van der Waals surface area contributed by atoms with Crippen molar-refractivity contribution in [2.45, 2.75) is 12.8 Å². The summed E-state index contributed by atoms with van der Waals surface area (Å²) in [7, 11) is 0. The third-order valence-corrected chi connectivity index (χ3v) is 4.44. The van der Waals surface area contributed by atoms with Crippen LogP contribution >= 0.6 is 0 Å². The maximum absolute atomic E-state index is 12.2. The first-order chi connectivity index (χ1) is 12.2. The van der Waals surface area contributed by atoms with Crippen molar-refractivity contribution in [1.82, 2.24) is 4.90 Å². The smallest absolute Gasteiger partial charge is 0.260 e. The second-order valence-electron chi connectivity index (χ2n) is 6.18. The van der Waals surface area contributed by atoms with E-state index >= 15 is 0 Å². The number of benzene rings is 1. The summed E-state index contributed by atoms with van der Waals surface area (Å²) >= 11 is 0. The lowest BCUT2D eigenvalue weighted by molar-refractivity contribution is -0.137. The first-order valence-electron chi connectivity index (χ1n) is 8.69. The van der Waals surface area contributed by atoms with Gasteiger partial charge in [0, 0.05) is 37.9 Å². The topological polar surface area (TPSA) is 77.1 Å². The molecule has 25 heavy (non-hydrogen) atoms. The van der Waals surface area contributed by atoms with Crippen molar-refractivity contribution in [3.05, 3.63) is 24.3 Å². The van der Waals surface area contributed by atoms with Gasteiger partial charge < -0.3 is 24.4 Å². The number of anilines is 1. The second kappa shape index (κ2) is 8.82. The summed E-state index contributed by atoms with van der Waals surface area (Å²) in [6, 6.07) is 7.08. The molecule has 0 atom stereocenters. The van der Waals surface area contributed by atoms with Gasteiger partial charge in [-0.05, 0) is 37.1 Å². The molecule has 0 spiro atoms. The number of nitrogens with one attached hydrogen (secondary N) is 1. The number of carbonyl (C=O) groups is 2. The predicted molar refractivity (Wildman–Crippen MR) is 91.5 cm³/mol. The Bertz CT molecular complexity index is 578. The number of rotatable bonds is 5. The highest BCUT2D eigenvalue weighted by molar-refractivity contribution is 5.92. The van der Waals surface area contributed by atoms with E-state index in [9.17, 15) is 9.59 Å². The van der Waals surface area contributed by atoms with Crippen molar-refractivity contribution in [3.8, 4) is 5.75 Å². The summed E-state index contributed by atoms with van der Waals surface area (Å²) in [4.78, 5) is 26.0. The molecule has 3 rings (SSSR count). The Balaban J connectivity index is 1.45. The Kier molecular flexibility index (Phi) is 6.25. The Hall–Kier alpha value is -2.12. The average molecular weight is 348 g/mol. The van der Waals surface area contributed by atoms with E-state index in [2.05, 4.69) is 5.32 Å². The summed E-state index contributed by atoms with van der Waals surface area (Å²) in [6.07, 6.45) is 1.52. The normalized spacial score (nSPS) is 18.6. The van der Waals surface area contributed by atoms with Crippen molar-refractivity contribution < 1.29 is 23.8 Å². The van der Waals surface area contributed by atoms with E-state index in [4.69, 9.17) is 14.2 Å². The minimum Gasteiger partial charge on any atom is -0.484 e. The Morgan fingerprint density at radius 3 is 2.36 bits per heavy atom. The molecule has 0 aliphatic carbocycles. The van der Waals surface area contributed by atoms with Crippen LogP contribution in [-0.2, 0) is 19.1 Å². The quantitative estimate of drug-likeness (QED) is 0.868. The lowest BCUT2D eigenvalue weighted by atomic mass is 9.99. The Morgan fingerprint density at radius 2 is 1.68 bits per heavy atom. The molecule has 0 bridgehead atoms. The fourth-order valence-corrected chi connectivity index (χ4v) is 2.89. The number of amides is 2. The zero-order chi connectivity index (χ0) is 17.5. The predicted octanol–water partition coefficient (Wildman–Crippen LogP) is 1.29. The molecule has 7 heteroatoms. The van der Waals surface area contributed by atoms with Crippen LogP contribution < -0.4 is 10.1 Å². The molecule has 1 aromatic carbocycles. The van der Waals surface area contributed by atoms with Crippen LogP contribution in [0, 0.1) is 5.92 Å². The SMILES string of the molecule is O=C(Nc1ccc(OCC(=O)N2CCOCC2)cc1)C1CCOCC1. The van der Waals surface area contributed by atoms with E-state index in [1.807, 2.05) is 0 Å². The van der Waals surface area contributed by atoms with Crippen molar-refractivity contribution in [3.63, 3.8) is 0 Å². The van der Waals surface area contributed by atoms with Gasteiger partial charge in [-0.2, -0.15) is 0 Å². The van der Waals surface area contributed by atoms with Crippen LogP contribution in [0.3, 0.4) is 0 Å². The highest BCUT2D eigenvalue weighted by Crippen LogP contribution is 2.20. The van der Waals surface area contributed by atoms with Gasteiger partial charge in [0.05, 0.1) is 13.2 Å². The third kappa shape index (κ3) is 5.17. The molecule has 1 N–H and O–H groups in total. The molecular formula is C18H24N2O5. The summed E-state index contributed by atoms with van der Waals surface area (Å²) in [6.45, 7) is 3.66. The van der Waals surface area contributed by atoms with Crippen LogP contribution in [0.4, 0.5) is 5.69 Å². The van der Waals surface area contributed by atoms with Gasteiger partial charge in [0.25, 0.3) is 5.91 Å². The van der Waals surface area contributed by atoms with Crippen molar-refractivity contribution in [1.29, 1.82) is 0 Å². The number of nitrogens with zero attached hydrogens (tertiary/aromatic N) is 1. The van der Waals surface area contributed by atoms with Gasteiger partial charge in [-0.25, -0.2) is 0 Å². The van der Waals surface area contributed by atoms with Crippen LogP contribution in [0.25, 0.3) is 0 Å². The zero-order valence-corrected chi connectivity index (χ0v) is 14.2. The minimum absolute atomic E-state index is 0.00772. The first-order valence-corrected chi connectivity index (χ1v) is 8.69. The van der Waals surface area contributed by atoms with E-state index in [-0.39, 0.29) is 24.3 Å². The number of ether oxygens (including phenoxy) is 3. The number of carbonyl (C=O) groups excluding carboxylic acids is 2. The fraction of sp³-hybridized carbons (Fsp3) is 0.556. The van der Waals surface area contributed by atoms with Crippen molar-refractivity contribution >= 4 is 17.5 Å². The molecule has 2 saturated heterocycles. The van der Waals surface area contributed by atoms with Crippen LogP contribution in [0.1, 0.15) is 12.8 Å². The maximum Gasteiger partial charge on any atom is 0.260 e. The lowest BCUT2D eigenvalue weighted by Crippen LogP contribution is -2.42. The average Bonchev–Trinajstić information content (AvgIpc) is 2.68. The molecule has 1 aromatic rings. The van der Waals surface area contributed by atoms with E-state index in [1.165, 1.54) is 0 Å². The number of morpholine rings is 1. The monoisotopic (exact) mass is 348 g/mol. The van der Waals surface area contributed by atoms with Gasteiger partial charge >= 0.3 is 0 Å². The second-order valence-corrected chi connectivity index (χ2v) is 6.18. The first kappa shape index (κ1) is 17.7. The molecular weight excluding hydrogens is 324 g/mol. The summed E-state index contributed by atoms with van der Waals surface area (Å²) in [5.74, 6) is 0.598. The van der Waals surface area contributed by atoms with Crippen molar-refractivity contribution in [2.75, 3.05) is 51.4 Å². The molecule has 0 radical (unpaired) electrons. The maximum atomic E-state index is 12.2. The molecule has 7 nitrogen and oxygen atoms in total. The van der Waals surface area contributed by atoms with Gasteiger partial charge in [0.2, 0.25) is 5.91 Å². The van der Waals surface area contributed by atoms with Crippen molar-refractivity contribution in [2.24, 2.45) is 5.92 Å². The molecule has 0 aromatic heterocycles. The number of hydrogen-bond acceptors (Lipinski definition) is 5. The van der Waals surface area contributed by atoms with E-state index < -0.39 is 0 Å². The largest absolute Gasteiger partial charge is 0.484 e. The van der Waals surface area contributed by atoms with E-state index in [0.717, 1.165) is 18.5 Å². The van der Waals surface area contributed by atoms with Gasteiger partial charge in [-0.15, -0.1) is 0 Å². The van der Waals surface area contributed by atoms with E-state index in [0.29, 0.717) is 45.3 Å². The summed E-state index contributed by atoms with van der Waals surface area (Å²) in [5.41, 5.74) is 0.725. The van der Waals surface area contributed by atoms with Crippen LogP contribution in [0.2, 0.25) is 0 Å². The minimum atomic E-state index is -0.0415. The molecule has 2 amide bonds. The molecule has 2 aliphatic heterocycles. The standard InChI is InChI=1S/C18H24N2O5/c21-17(20-7-11-24-12-8-20)13-25-16-3-1-15(2-4-16)19-18(22)14-5-9-23-10-6-14/h1-4,14H,5-13H2,(H,19,22). The summed E-state index contributed by atoms with van der Waals surface area (Å²) in [5, 5.41) is 2.92. The highest BCUT2D eigenvalue weighted by atomic mass is 16.5. The zero-order valence-electron chi connectivity index (χ0n) is 14.2. The van der Waals surface area contributed by atoms with Gasteiger partial charge in [0.15, 0.2) is 6.61 Å². The Labute approximate surface area is 147 Å². The molecule has 2 aliphatic rings. The van der Waals surface area contributed by atoms with Gasteiger partial charge in [-0.3, -0.25) is 9.59 Å². The van der Waals surface area contributed by atoms with Crippen LogP contribution in [0.5, 0.6) is 5.75 Å². The summed E-state index contributed by atoms with van der Waals surface area (Å²) < 4.78 is 16.0. The lowest BCUT2D eigenvalue weighted by Gasteiger charge is -2.26. The molecule has 0 saturated carbocycles.